The lowest BCUT2D eigenvalue weighted by molar-refractivity contribution is 0.140. The highest BCUT2D eigenvalue weighted by atomic mass is 19.3. The zero-order chi connectivity index (χ0) is 41.0. The molecule has 0 spiro atoms. The number of halogens is 4. The summed E-state index contributed by atoms with van der Waals surface area (Å²) in [5, 5.41) is 6.58. The number of ether oxygens (including phenoxy) is 1. The van der Waals surface area contributed by atoms with Crippen LogP contribution in [0, 0.1) is 19.3 Å². The molecule has 5 aromatic rings. The Balaban J connectivity index is 0.000000251. The number of carbonyl (C=O) groups excluding carboxylic acids is 2. The summed E-state index contributed by atoms with van der Waals surface area (Å²) in [6.45, 7) is 14.9. The molecule has 4 amide bonds. The summed E-state index contributed by atoms with van der Waals surface area (Å²) in [5.41, 5.74) is 12.6. The highest BCUT2D eigenvalue weighted by molar-refractivity contribution is 5.91. The van der Waals surface area contributed by atoms with Crippen molar-refractivity contribution >= 4 is 45.5 Å². The Kier molecular flexibility index (Phi) is 14.5. The molecule has 56 heavy (non-hydrogen) atoms. The summed E-state index contributed by atoms with van der Waals surface area (Å²) in [6.07, 6.45) is -4.26. The lowest BCUT2D eigenvalue weighted by atomic mass is 9.82. The average Bonchev–Trinajstić information content (AvgIpc) is 3.12. The minimum absolute atomic E-state index is 0.0409. The van der Waals surface area contributed by atoms with Crippen molar-refractivity contribution in [3.63, 3.8) is 0 Å². The van der Waals surface area contributed by atoms with E-state index in [2.05, 4.69) is 73.0 Å². The second kappa shape index (κ2) is 19.0. The van der Waals surface area contributed by atoms with Gasteiger partial charge < -0.3 is 15.4 Å². The fourth-order valence-electron chi connectivity index (χ4n) is 5.98. The van der Waals surface area contributed by atoms with E-state index >= 15 is 0 Å². The number of nitrogens with one attached hydrogen (secondary N) is 6. The fourth-order valence-corrected chi connectivity index (χ4v) is 5.98. The van der Waals surface area contributed by atoms with E-state index in [-0.39, 0.29) is 17.1 Å². The van der Waals surface area contributed by atoms with E-state index < -0.39 is 42.1 Å². The highest BCUT2D eigenvalue weighted by Crippen LogP contribution is 2.28. The van der Waals surface area contributed by atoms with E-state index in [9.17, 15) is 27.2 Å². The molecule has 0 aliphatic heterocycles. The third kappa shape index (κ3) is 13.1. The number of carbonyl (C=O) groups is 2. The van der Waals surface area contributed by atoms with Gasteiger partial charge in [-0.3, -0.25) is 21.7 Å². The first-order valence-corrected chi connectivity index (χ1v) is 17.8. The predicted molar refractivity (Wildman–Crippen MR) is 209 cm³/mol. The minimum Gasteiger partial charge on any atom is -0.493 e. The van der Waals surface area contributed by atoms with E-state index in [1.807, 2.05) is 45.9 Å². The van der Waals surface area contributed by atoms with Crippen LogP contribution in [0.15, 0.2) is 66.7 Å². The van der Waals surface area contributed by atoms with Gasteiger partial charge in [-0.05, 0) is 81.8 Å². The van der Waals surface area contributed by atoms with E-state index in [0.717, 1.165) is 17.7 Å². The molecule has 3 aromatic carbocycles. The molecule has 13 nitrogen and oxygen atoms in total. The molecule has 0 fully saturated rings. The van der Waals surface area contributed by atoms with Crippen LogP contribution in [-0.4, -0.2) is 50.7 Å². The molecule has 2 aromatic heterocycles. The van der Waals surface area contributed by atoms with Gasteiger partial charge in [-0.25, -0.2) is 47.1 Å². The maximum Gasteiger partial charge on any atom is 0.333 e. The Morgan fingerprint density at radius 3 is 1.73 bits per heavy atom. The topological polar surface area (TPSA) is 167 Å². The van der Waals surface area contributed by atoms with Crippen LogP contribution in [0.1, 0.15) is 83.1 Å². The first-order valence-electron chi connectivity index (χ1n) is 17.8. The van der Waals surface area contributed by atoms with Crippen LogP contribution in [0.4, 0.5) is 38.8 Å². The summed E-state index contributed by atoms with van der Waals surface area (Å²) >= 11 is 0. The number of urea groups is 2. The van der Waals surface area contributed by atoms with Gasteiger partial charge in [-0.2, -0.15) is 0 Å². The van der Waals surface area contributed by atoms with E-state index in [0.29, 0.717) is 41.4 Å². The first kappa shape index (κ1) is 42.7. The van der Waals surface area contributed by atoms with Crippen molar-refractivity contribution in [2.45, 2.75) is 79.7 Å². The standard InChI is InChI=1S/C21H23F2N5O2.C18H25F2N5O/c1-13-8-9-17(14(2)12-13)30-11-5-10-24-21(29)28-27-19-15-6-3-4-7-16(15)25-20(26-19)18(22)23;1-17(2,3)10-18(4,5)23-16(26)25-24-14-11-8-6-7-9-12(11)21-15(22-14)13(19)20/h3-4,6-9,12,18H,5,10-11H2,1-2H3,(H2,24,28,29)(H,25,26,27);6-9,13H,10H2,1-5H3,(H,21,22,24)(H2,23,25,26). The molecule has 6 N–H and O–H groups in total. The molecule has 0 radical (unpaired) electrons. The molecular formula is C39H48F4N10O3. The number of alkyl halides is 4. The van der Waals surface area contributed by atoms with Gasteiger partial charge in [0.15, 0.2) is 23.3 Å². The number of amides is 4. The Hall–Kier alpha value is -6.00. The van der Waals surface area contributed by atoms with Crippen molar-refractivity contribution in [2.75, 3.05) is 24.0 Å². The SMILES string of the molecule is CC(C)(C)CC(C)(C)NC(=O)NNc1nc(C(F)F)nc2ccccc12.Cc1ccc(OCCCNC(=O)NNc2nc(C(F)F)nc3ccccc23)c(C)c1. The molecule has 0 atom stereocenters. The van der Waals surface area contributed by atoms with E-state index in [1.165, 1.54) is 5.56 Å². The Bertz CT molecular complexity index is 2110. The third-order valence-electron chi connectivity index (χ3n) is 7.84. The normalized spacial score (nSPS) is 11.5. The van der Waals surface area contributed by atoms with Crippen molar-refractivity contribution in [1.82, 2.24) is 41.4 Å². The van der Waals surface area contributed by atoms with Gasteiger partial charge in [0.25, 0.3) is 12.9 Å². The van der Waals surface area contributed by atoms with Crippen molar-refractivity contribution in [3.8, 4) is 5.75 Å². The molecule has 0 saturated carbocycles. The molecule has 0 saturated heterocycles. The second-order valence-electron chi connectivity index (χ2n) is 14.8. The summed E-state index contributed by atoms with van der Waals surface area (Å²) in [7, 11) is 0. The predicted octanol–water partition coefficient (Wildman–Crippen LogP) is 8.69. The lowest BCUT2D eigenvalue weighted by Crippen LogP contribution is -2.51. The smallest absolute Gasteiger partial charge is 0.333 e. The summed E-state index contributed by atoms with van der Waals surface area (Å²) in [6, 6.07) is 18.4. The van der Waals surface area contributed by atoms with Crippen molar-refractivity contribution in [2.24, 2.45) is 5.41 Å². The number of hydrogen-bond donors (Lipinski definition) is 6. The zero-order valence-electron chi connectivity index (χ0n) is 32.4. The maximum absolute atomic E-state index is 13.0. The molecule has 0 unspecified atom stereocenters. The summed E-state index contributed by atoms with van der Waals surface area (Å²) in [4.78, 5) is 39.4. The minimum atomic E-state index is -2.82. The molecule has 0 aliphatic carbocycles. The zero-order valence-corrected chi connectivity index (χ0v) is 32.4. The summed E-state index contributed by atoms with van der Waals surface area (Å²) in [5.74, 6) is -0.167. The molecule has 300 valence electrons. The van der Waals surface area contributed by atoms with Crippen LogP contribution in [-0.2, 0) is 0 Å². The molecule has 17 heteroatoms. The number of rotatable bonds is 13. The molecular weight excluding hydrogens is 732 g/mol. The number of benzene rings is 3. The number of nitrogens with zero attached hydrogens (tertiary/aromatic N) is 4. The number of aromatic nitrogens is 4. The summed E-state index contributed by atoms with van der Waals surface area (Å²) < 4.78 is 57.7. The highest BCUT2D eigenvalue weighted by Gasteiger charge is 2.27. The fraction of sp³-hybridized carbons (Fsp3) is 0.385. The van der Waals surface area contributed by atoms with Crippen LogP contribution < -0.4 is 37.1 Å². The second-order valence-corrected chi connectivity index (χ2v) is 14.8. The molecule has 0 aliphatic rings. The number of aryl methyl sites for hydroxylation is 2. The number of hydrogen-bond acceptors (Lipinski definition) is 9. The Morgan fingerprint density at radius 2 is 1.23 bits per heavy atom. The van der Waals surface area contributed by atoms with Gasteiger partial charge in [0.1, 0.15) is 5.75 Å². The lowest BCUT2D eigenvalue weighted by Gasteiger charge is -2.33. The van der Waals surface area contributed by atoms with Crippen molar-refractivity contribution < 1.29 is 31.9 Å². The largest absolute Gasteiger partial charge is 0.493 e. The number of fused-ring (bicyclic) bond motifs is 2. The van der Waals surface area contributed by atoms with Gasteiger partial charge in [0.05, 0.1) is 17.6 Å². The van der Waals surface area contributed by atoms with Crippen LogP contribution in [0.2, 0.25) is 0 Å². The van der Waals surface area contributed by atoms with E-state index in [1.54, 1.807) is 48.5 Å². The van der Waals surface area contributed by atoms with Gasteiger partial charge in [-0.15, -0.1) is 0 Å². The Morgan fingerprint density at radius 1 is 0.714 bits per heavy atom. The molecule has 2 heterocycles. The Labute approximate surface area is 322 Å². The maximum atomic E-state index is 13.0. The van der Waals surface area contributed by atoms with Crippen LogP contribution >= 0.6 is 0 Å². The van der Waals surface area contributed by atoms with E-state index in [4.69, 9.17) is 4.74 Å². The van der Waals surface area contributed by atoms with Gasteiger partial charge in [0.2, 0.25) is 0 Å². The average molecular weight is 781 g/mol. The van der Waals surface area contributed by atoms with Crippen molar-refractivity contribution in [3.05, 3.63) is 89.5 Å². The van der Waals surface area contributed by atoms with Crippen molar-refractivity contribution in [1.29, 1.82) is 0 Å². The van der Waals surface area contributed by atoms with Crippen LogP contribution in [0.3, 0.4) is 0 Å². The third-order valence-corrected chi connectivity index (χ3v) is 7.84. The van der Waals surface area contributed by atoms with Gasteiger partial charge >= 0.3 is 12.1 Å². The first-order chi connectivity index (χ1) is 26.4. The van der Waals surface area contributed by atoms with Gasteiger partial charge in [0, 0.05) is 22.9 Å². The monoisotopic (exact) mass is 780 g/mol. The quantitative estimate of drug-likeness (QED) is 0.0389. The molecule has 0 bridgehead atoms. The van der Waals surface area contributed by atoms with Gasteiger partial charge in [-0.1, -0.05) is 62.7 Å². The number of para-hydroxylation sites is 2. The van der Waals surface area contributed by atoms with Crippen LogP contribution in [0.25, 0.3) is 21.8 Å². The number of anilines is 2. The van der Waals surface area contributed by atoms with Crippen LogP contribution in [0.5, 0.6) is 5.75 Å². The number of hydrazine groups is 2. The molecule has 5 rings (SSSR count).